The van der Waals surface area contributed by atoms with Gasteiger partial charge in [0.2, 0.25) is 0 Å². The summed E-state index contributed by atoms with van der Waals surface area (Å²) in [4.78, 5) is 46.2. The zero-order chi connectivity index (χ0) is 29.1. The van der Waals surface area contributed by atoms with E-state index < -0.39 is 11.8 Å². The molecule has 40 heavy (non-hydrogen) atoms. The molecule has 0 aliphatic rings. The quantitative estimate of drug-likeness (QED) is 0.241. The fourth-order valence-electron chi connectivity index (χ4n) is 3.90. The molecule has 0 aliphatic carbocycles. The van der Waals surface area contributed by atoms with E-state index in [0.717, 1.165) is 17.6 Å². The number of hydrogen-bond acceptors (Lipinski definition) is 7. The summed E-state index contributed by atoms with van der Waals surface area (Å²) in [7, 11) is 0. The van der Waals surface area contributed by atoms with Gasteiger partial charge in [0.25, 0.3) is 17.6 Å². The molecule has 1 atom stereocenters. The average molecular weight is 551 g/mol. The Balaban J connectivity index is 1.73. The smallest absolute Gasteiger partial charge is 0.309 e. The number of nitrogens with zero attached hydrogens (tertiary/aromatic N) is 4. The van der Waals surface area contributed by atoms with E-state index in [1.807, 2.05) is 32.1 Å². The van der Waals surface area contributed by atoms with Gasteiger partial charge in [-0.2, -0.15) is 14.6 Å². The van der Waals surface area contributed by atoms with E-state index in [4.69, 9.17) is 4.74 Å². The van der Waals surface area contributed by atoms with Crippen molar-refractivity contribution >= 4 is 23.6 Å². The molecule has 2 heterocycles. The number of carbonyl (C=O) groups excluding carboxylic acids is 3. The molecule has 2 amide bonds. The minimum Gasteiger partial charge on any atom is -0.466 e. The molecule has 2 aromatic heterocycles. The van der Waals surface area contributed by atoms with Gasteiger partial charge in [0.15, 0.2) is 0 Å². The summed E-state index contributed by atoms with van der Waals surface area (Å²) in [6, 6.07) is 5.66. The van der Waals surface area contributed by atoms with Crippen molar-refractivity contribution in [2.75, 3.05) is 6.61 Å². The van der Waals surface area contributed by atoms with Gasteiger partial charge >= 0.3 is 5.97 Å². The first-order valence-corrected chi connectivity index (χ1v) is 13.2. The Kier molecular flexibility index (Phi) is 11.0. The predicted octanol–water partition coefficient (Wildman–Crippen LogP) is 4.25. The van der Waals surface area contributed by atoms with Crippen LogP contribution in [0.15, 0.2) is 54.4 Å². The van der Waals surface area contributed by atoms with Crippen LogP contribution < -0.4 is 10.6 Å². The molecule has 1 unspecified atom stereocenters. The molecule has 3 aromatic rings. The molecule has 0 saturated heterocycles. The zero-order valence-electron chi connectivity index (χ0n) is 23.2. The SMILES string of the molecule is CC/C=C/C(CC/C(C)=C/CC(=O)OCC)NC(=O)c1cc(C(=O)NCc2ccc(F)c(C)c2)nc2ncnn12. The monoisotopic (exact) mass is 550 g/mol. The first-order chi connectivity index (χ1) is 19.2. The molecule has 0 bridgehead atoms. The lowest BCUT2D eigenvalue weighted by Gasteiger charge is -2.16. The number of carbonyl (C=O) groups is 3. The molecule has 0 fully saturated rings. The highest BCUT2D eigenvalue weighted by atomic mass is 19.1. The first kappa shape index (κ1) is 30.1. The molecule has 1 aromatic carbocycles. The summed E-state index contributed by atoms with van der Waals surface area (Å²) in [5.74, 6) is -1.44. The standard InChI is InChI=1S/C29H35FN6O4/c1-5-7-8-22(12-9-19(3)10-14-26(37)40-6-2)34-28(39)25-16-24(35-29-32-18-33-36(25)29)27(38)31-17-21-11-13-23(30)20(4)15-21/h7-8,10-11,13,15-16,18,22H,5-6,9,12,14,17H2,1-4H3,(H,31,38)(H,34,39)/b8-7+,19-10+. The zero-order valence-corrected chi connectivity index (χ0v) is 23.2. The van der Waals surface area contributed by atoms with Crippen LogP contribution in [-0.2, 0) is 16.1 Å². The van der Waals surface area contributed by atoms with Crippen molar-refractivity contribution in [3.8, 4) is 0 Å². The van der Waals surface area contributed by atoms with Crippen molar-refractivity contribution in [2.45, 2.75) is 66.0 Å². The second-order valence-corrected chi connectivity index (χ2v) is 9.28. The fraction of sp³-hybridized carbons (Fsp3) is 0.379. The number of aryl methyl sites for hydroxylation is 1. The second kappa shape index (κ2) is 14.7. The van der Waals surface area contributed by atoms with Crippen LogP contribution in [0.25, 0.3) is 5.78 Å². The summed E-state index contributed by atoms with van der Waals surface area (Å²) < 4.78 is 19.8. The van der Waals surface area contributed by atoms with E-state index in [2.05, 4.69) is 25.7 Å². The van der Waals surface area contributed by atoms with Crippen molar-refractivity contribution in [1.82, 2.24) is 30.2 Å². The van der Waals surface area contributed by atoms with Crippen LogP contribution >= 0.6 is 0 Å². The highest BCUT2D eigenvalue weighted by Crippen LogP contribution is 2.13. The van der Waals surface area contributed by atoms with Gasteiger partial charge in [-0.3, -0.25) is 14.4 Å². The van der Waals surface area contributed by atoms with E-state index in [1.54, 1.807) is 26.0 Å². The Hall–Kier alpha value is -4.41. The number of ether oxygens (including phenoxy) is 1. The number of fused-ring (bicyclic) bond motifs is 1. The molecular weight excluding hydrogens is 515 g/mol. The third-order valence-electron chi connectivity index (χ3n) is 6.09. The van der Waals surface area contributed by atoms with E-state index in [9.17, 15) is 18.8 Å². The van der Waals surface area contributed by atoms with Crippen molar-refractivity contribution in [2.24, 2.45) is 0 Å². The molecule has 3 rings (SSSR count). The highest BCUT2D eigenvalue weighted by molar-refractivity contribution is 5.98. The number of hydrogen-bond donors (Lipinski definition) is 2. The molecule has 11 heteroatoms. The molecule has 10 nitrogen and oxygen atoms in total. The van der Waals surface area contributed by atoms with E-state index in [1.165, 1.54) is 23.0 Å². The maximum atomic E-state index is 13.6. The van der Waals surface area contributed by atoms with Crippen molar-refractivity contribution in [3.05, 3.63) is 82.7 Å². The van der Waals surface area contributed by atoms with Gasteiger partial charge in [-0.25, -0.2) is 9.37 Å². The lowest BCUT2D eigenvalue weighted by atomic mass is 10.0. The number of benzene rings is 1. The van der Waals surface area contributed by atoms with Gasteiger partial charge in [-0.1, -0.05) is 42.9 Å². The van der Waals surface area contributed by atoms with Crippen LogP contribution in [0.2, 0.25) is 0 Å². The normalized spacial score (nSPS) is 12.5. The minimum absolute atomic E-state index is 0.00266. The lowest BCUT2D eigenvalue weighted by Crippen LogP contribution is -2.35. The molecule has 0 saturated carbocycles. The second-order valence-electron chi connectivity index (χ2n) is 9.28. The van der Waals surface area contributed by atoms with Gasteiger partial charge in [0, 0.05) is 18.7 Å². The maximum Gasteiger partial charge on any atom is 0.309 e. The first-order valence-electron chi connectivity index (χ1n) is 13.2. The average Bonchev–Trinajstić information content (AvgIpc) is 3.42. The Labute approximate surface area is 232 Å². The predicted molar refractivity (Wildman–Crippen MR) is 148 cm³/mol. The van der Waals surface area contributed by atoms with Gasteiger partial charge in [0.1, 0.15) is 23.5 Å². The number of amides is 2. The Bertz CT molecular complexity index is 1410. The fourth-order valence-corrected chi connectivity index (χ4v) is 3.90. The molecular formula is C29H35FN6O4. The number of aromatic nitrogens is 4. The Morgan fingerprint density at radius 3 is 2.70 bits per heavy atom. The number of allylic oxidation sites excluding steroid dienone is 2. The van der Waals surface area contributed by atoms with Gasteiger partial charge < -0.3 is 15.4 Å². The van der Waals surface area contributed by atoms with Crippen LogP contribution in [0.5, 0.6) is 0 Å². The van der Waals surface area contributed by atoms with Gasteiger partial charge in [0.05, 0.1) is 13.0 Å². The number of nitrogens with one attached hydrogen (secondary N) is 2. The summed E-state index contributed by atoms with van der Waals surface area (Å²) >= 11 is 0. The van der Waals surface area contributed by atoms with Crippen LogP contribution in [0.4, 0.5) is 4.39 Å². The van der Waals surface area contributed by atoms with Crippen molar-refractivity contribution < 1.29 is 23.5 Å². The summed E-state index contributed by atoms with van der Waals surface area (Å²) in [5, 5.41) is 9.84. The Morgan fingerprint density at radius 1 is 1.18 bits per heavy atom. The van der Waals surface area contributed by atoms with E-state index in [0.29, 0.717) is 25.0 Å². The summed E-state index contributed by atoms with van der Waals surface area (Å²) in [6.45, 7) is 7.85. The topological polar surface area (TPSA) is 128 Å². The van der Waals surface area contributed by atoms with Gasteiger partial charge in [-0.15, -0.1) is 0 Å². The molecule has 0 aliphatic heterocycles. The van der Waals surface area contributed by atoms with Crippen LogP contribution in [-0.4, -0.2) is 50.0 Å². The third-order valence-corrected chi connectivity index (χ3v) is 6.09. The summed E-state index contributed by atoms with van der Waals surface area (Å²) in [5.41, 5.74) is 2.32. The van der Waals surface area contributed by atoms with E-state index in [-0.39, 0.29) is 48.0 Å². The van der Waals surface area contributed by atoms with Crippen molar-refractivity contribution in [3.63, 3.8) is 0 Å². The highest BCUT2D eigenvalue weighted by Gasteiger charge is 2.20. The lowest BCUT2D eigenvalue weighted by molar-refractivity contribution is -0.142. The van der Waals surface area contributed by atoms with Crippen LogP contribution in [0.3, 0.4) is 0 Å². The number of halogens is 1. The summed E-state index contributed by atoms with van der Waals surface area (Å²) in [6.07, 6.45) is 9.24. The molecule has 0 radical (unpaired) electrons. The van der Waals surface area contributed by atoms with E-state index >= 15 is 0 Å². The largest absolute Gasteiger partial charge is 0.466 e. The van der Waals surface area contributed by atoms with Crippen LogP contribution in [0, 0.1) is 12.7 Å². The third kappa shape index (κ3) is 8.55. The van der Waals surface area contributed by atoms with Crippen LogP contribution in [0.1, 0.15) is 78.6 Å². The molecule has 2 N–H and O–H groups in total. The maximum absolute atomic E-state index is 13.6. The number of esters is 1. The van der Waals surface area contributed by atoms with Gasteiger partial charge in [-0.05, 0) is 57.2 Å². The molecule has 212 valence electrons. The molecule has 0 spiro atoms. The number of rotatable bonds is 13. The van der Waals surface area contributed by atoms with Crippen molar-refractivity contribution in [1.29, 1.82) is 0 Å². The minimum atomic E-state index is -0.508. The Morgan fingerprint density at radius 2 is 1.98 bits per heavy atom.